The van der Waals surface area contributed by atoms with Gasteiger partial charge in [0.15, 0.2) is 0 Å². The molecule has 2 aromatic rings. The molecule has 0 atom stereocenters. The molecule has 15 heavy (non-hydrogen) atoms. The number of aromatic nitrogens is 2. The van der Waals surface area contributed by atoms with Crippen molar-refractivity contribution in [3.63, 3.8) is 0 Å². The van der Waals surface area contributed by atoms with Crippen molar-refractivity contribution in [2.24, 2.45) is 0 Å². The van der Waals surface area contributed by atoms with Crippen LogP contribution in [0.5, 0.6) is 5.75 Å². The predicted octanol–water partition coefficient (Wildman–Crippen LogP) is 2.30. The molecule has 0 aliphatic carbocycles. The largest absolute Gasteiger partial charge is 0.497 e. The smallest absolute Gasteiger partial charge is 0.204 e. The summed E-state index contributed by atoms with van der Waals surface area (Å²) in [5.74, 6) is 0.722. The van der Waals surface area contributed by atoms with Crippen LogP contribution in [0.15, 0.2) is 30.6 Å². The Balaban J connectivity index is 2.27. The maximum atomic E-state index is 13.3. The van der Waals surface area contributed by atoms with Crippen LogP contribution in [0.3, 0.4) is 0 Å². The Morgan fingerprint density at radius 1 is 1.47 bits per heavy atom. The van der Waals surface area contributed by atoms with Gasteiger partial charge < -0.3 is 15.0 Å². The highest BCUT2D eigenvalue weighted by atomic mass is 19.1. The molecule has 0 unspecified atom stereocenters. The first-order valence-electron chi connectivity index (χ1n) is 4.39. The standard InChI is InChI=1S/C10H10FN3O/c1-15-7-2-3-8(11)9(6-7)14-10-12-4-5-13-10/h2-6H,1H3,(H2,12,13,14). The fourth-order valence-corrected chi connectivity index (χ4v) is 1.19. The first kappa shape index (κ1) is 9.51. The maximum Gasteiger partial charge on any atom is 0.204 e. The van der Waals surface area contributed by atoms with Crippen molar-refractivity contribution >= 4 is 11.6 Å². The van der Waals surface area contributed by atoms with Gasteiger partial charge in [-0.15, -0.1) is 0 Å². The number of benzene rings is 1. The minimum absolute atomic E-state index is 0.323. The third-order valence-corrected chi connectivity index (χ3v) is 1.92. The molecule has 0 fully saturated rings. The van der Waals surface area contributed by atoms with Crippen LogP contribution in [-0.4, -0.2) is 17.1 Å². The van der Waals surface area contributed by atoms with Gasteiger partial charge in [-0.2, -0.15) is 0 Å². The second kappa shape index (κ2) is 4.00. The fourth-order valence-electron chi connectivity index (χ4n) is 1.19. The van der Waals surface area contributed by atoms with Crippen LogP contribution < -0.4 is 10.1 Å². The summed E-state index contributed by atoms with van der Waals surface area (Å²) in [7, 11) is 1.53. The highest BCUT2D eigenvalue weighted by Gasteiger charge is 2.04. The van der Waals surface area contributed by atoms with Crippen molar-refractivity contribution in [2.45, 2.75) is 0 Å². The van der Waals surface area contributed by atoms with E-state index >= 15 is 0 Å². The molecule has 0 saturated carbocycles. The molecule has 0 radical (unpaired) electrons. The highest BCUT2D eigenvalue weighted by Crippen LogP contribution is 2.22. The molecule has 1 aromatic heterocycles. The Bertz CT molecular complexity index is 442. The molecule has 0 aliphatic heterocycles. The van der Waals surface area contributed by atoms with Gasteiger partial charge in [-0.1, -0.05) is 0 Å². The first-order chi connectivity index (χ1) is 7.29. The van der Waals surface area contributed by atoms with Crippen LogP contribution in [-0.2, 0) is 0 Å². The van der Waals surface area contributed by atoms with Gasteiger partial charge in [-0.25, -0.2) is 9.37 Å². The number of hydrogen-bond acceptors (Lipinski definition) is 3. The zero-order chi connectivity index (χ0) is 10.7. The number of rotatable bonds is 3. The molecular weight excluding hydrogens is 197 g/mol. The molecular formula is C10H10FN3O. The number of anilines is 2. The van der Waals surface area contributed by atoms with Crippen LogP contribution in [0, 0.1) is 5.82 Å². The lowest BCUT2D eigenvalue weighted by Crippen LogP contribution is -1.96. The lowest BCUT2D eigenvalue weighted by Gasteiger charge is -2.06. The van der Waals surface area contributed by atoms with Crippen LogP contribution in [0.4, 0.5) is 16.0 Å². The van der Waals surface area contributed by atoms with E-state index in [1.165, 1.54) is 13.2 Å². The van der Waals surface area contributed by atoms with Gasteiger partial charge in [0, 0.05) is 18.5 Å². The SMILES string of the molecule is COc1ccc(F)c(Nc2ncc[nH]2)c1. The van der Waals surface area contributed by atoms with Crippen LogP contribution in [0.25, 0.3) is 0 Å². The van der Waals surface area contributed by atoms with Gasteiger partial charge in [0.05, 0.1) is 12.8 Å². The van der Waals surface area contributed by atoms with Crippen molar-refractivity contribution in [1.82, 2.24) is 9.97 Å². The summed E-state index contributed by atoms with van der Waals surface area (Å²) in [6.07, 6.45) is 3.24. The van der Waals surface area contributed by atoms with Crippen molar-refractivity contribution in [3.05, 3.63) is 36.4 Å². The molecule has 0 saturated heterocycles. The average molecular weight is 207 g/mol. The molecule has 0 aliphatic rings. The van der Waals surface area contributed by atoms with Crippen LogP contribution in [0.2, 0.25) is 0 Å². The Hall–Kier alpha value is -2.04. The summed E-state index contributed by atoms with van der Waals surface area (Å²) >= 11 is 0. The number of nitrogens with zero attached hydrogens (tertiary/aromatic N) is 1. The van der Waals surface area contributed by atoms with E-state index in [2.05, 4.69) is 15.3 Å². The molecule has 0 amide bonds. The van der Waals surface area contributed by atoms with Crippen molar-refractivity contribution < 1.29 is 9.13 Å². The summed E-state index contributed by atoms with van der Waals surface area (Å²) in [5.41, 5.74) is 0.323. The lowest BCUT2D eigenvalue weighted by molar-refractivity contribution is 0.414. The van der Waals surface area contributed by atoms with Crippen molar-refractivity contribution in [1.29, 1.82) is 0 Å². The second-order valence-electron chi connectivity index (χ2n) is 2.91. The zero-order valence-electron chi connectivity index (χ0n) is 8.12. The summed E-state index contributed by atoms with van der Waals surface area (Å²) in [6.45, 7) is 0. The molecule has 5 heteroatoms. The number of methoxy groups -OCH3 is 1. The van der Waals surface area contributed by atoms with E-state index in [-0.39, 0.29) is 5.82 Å². The Morgan fingerprint density at radius 2 is 2.33 bits per heavy atom. The van der Waals surface area contributed by atoms with E-state index < -0.39 is 0 Å². The number of hydrogen-bond donors (Lipinski definition) is 2. The zero-order valence-corrected chi connectivity index (χ0v) is 8.12. The molecule has 1 heterocycles. The molecule has 0 spiro atoms. The Kier molecular flexibility index (Phi) is 2.53. The van der Waals surface area contributed by atoms with Crippen molar-refractivity contribution in [2.75, 3.05) is 12.4 Å². The van der Waals surface area contributed by atoms with Crippen molar-refractivity contribution in [3.8, 4) is 5.75 Å². The van der Waals surface area contributed by atoms with E-state index in [1.807, 2.05) is 0 Å². The van der Waals surface area contributed by atoms with Crippen LogP contribution >= 0.6 is 0 Å². The van der Waals surface area contributed by atoms with E-state index in [1.54, 1.807) is 24.5 Å². The normalized spacial score (nSPS) is 10.0. The van der Waals surface area contributed by atoms with Gasteiger partial charge in [-0.05, 0) is 12.1 Å². The van der Waals surface area contributed by atoms with Gasteiger partial charge >= 0.3 is 0 Å². The summed E-state index contributed by atoms with van der Waals surface area (Å²) < 4.78 is 18.3. The quantitative estimate of drug-likeness (QED) is 0.811. The van der Waals surface area contributed by atoms with E-state index in [4.69, 9.17) is 4.74 Å². The topological polar surface area (TPSA) is 49.9 Å². The second-order valence-corrected chi connectivity index (χ2v) is 2.91. The predicted molar refractivity (Wildman–Crippen MR) is 54.8 cm³/mol. The highest BCUT2D eigenvalue weighted by molar-refractivity contribution is 5.56. The first-order valence-corrected chi connectivity index (χ1v) is 4.39. The summed E-state index contributed by atoms with van der Waals surface area (Å²) in [4.78, 5) is 6.75. The Morgan fingerprint density at radius 3 is 3.00 bits per heavy atom. The molecule has 1 aromatic carbocycles. The monoisotopic (exact) mass is 207 g/mol. The number of imidazole rings is 1. The summed E-state index contributed by atoms with van der Waals surface area (Å²) in [5, 5.41) is 2.81. The minimum atomic E-state index is -0.354. The fraction of sp³-hybridized carbons (Fsp3) is 0.100. The van der Waals surface area contributed by atoms with Gasteiger partial charge in [-0.3, -0.25) is 0 Å². The lowest BCUT2D eigenvalue weighted by atomic mass is 10.3. The average Bonchev–Trinajstić information content (AvgIpc) is 2.74. The minimum Gasteiger partial charge on any atom is -0.497 e. The molecule has 78 valence electrons. The number of ether oxygens (including phenoxy) is 1. The van der Waals surface area contributed by atoms with E-state index in [0.29, 0.717) is 17.4 Å². The third kappa shape index (κ3) is 2.07. The number of nitrogens with one attached hydrogen (secondary N) is 2. The third-order valence-electron chi connectivity index (χ3n) is 1.92. The maximum absolute atomic E-state index is 13.3. The molecule has 2 N–H and O–H groups in total. The Labute approximate surface area is 86.1 Å². The number of halogens is 1. The van der Waals surface area contributed by atoms with Gasteiger partial charge in [0.2, 0.25) is 5.95 Å². The summed E-state index contributed by atoms with van der Waals surface area (Å²) in [6, 6.07) is 4.46. The number of aromatic amines is 1. The molecule has 4 nitrogen and oxygen atoms in total. The molecule has 2 rings (SSSR count). The van der Waals surface area contributed by atoms with Gasteiger partial charge in [0.25, 0.3) is 0 Å². The van der Waals surface area contributed by atoms with E-state index in [0.717, 1.165) is 0 Å². The van der Waals surface area contributed by atoms with E-state index in [9.17, 15) is 4.39 Å². The molecule has 0 bridgehead atoms. The number of H-pyrrole nitrogens is 1. The van der Waals surface area contributed by atoms with Gasteiger partial charge in [0.1, 0.15) is 11.6 Å². The van der Waals surface area contributed by atoms with Crippen LogP contribution in [0.1, 0.15) is 0 Å².